The molecule has 1 aliphatic heterocycles. The molecule has 0 spiro atoms. The highest BCUT2D eigenvalue weighted by atomic mass is 16.2. The molecule has 1 aromatic heterocycles. The fourth-order valence-electron chi connectivity index (χ4n) is 3.59. The van der Waals surface area contributed by atoms with Crippen molar-refractivity contribution in [3.8, 4) is 5.69 Å². The molecule has 0 saturated heterocycles. The van der Waals surface area contributed by atoms with Crippen molar-refractivity contribution in [2.45, 2.75) is 0 Å². The fraction of sp³-hybridized carbons (Fsp3) is 0.0435. The smallest absolute Gasteiger partial charge is 0.261 e. The zero-order valence-corrected chi connectivity index (χ0v) is 15.3. The summed E-state index contributed by atoms with van der Waals surface area (Å²) in [5.74, 6) is -1.15. The molecule has 6 heteroatoms. The van der Waals surface area contributed by atoms with Crippen molar-refractivity contribution in [1.82, 2.24) is 14.5 Å². The van der Waals surface area contributed by atoms with Gasteiger partial charge >= 0.3 is 0 Å². The van der Waals surface area contributed by atoms with Crippen LogP contribution in [0.2, 0.25) is 0 Å². The van der Waals surface area contributed by atoms with Gasteiger partial charge in [-0.3, -0.25) is 23.9 Å². The number of Topliss-reactive ketones (excluding diaryl/α,β-unsaturated/α-hetero) is 1. The van der Waals surface area contributed by atoms with E-state index in [1.165, 1.54) is 0 Å². The van der Waals surface area contributed by atoms with Crippen LogP contribution < -0.4 is 0 Å². The van der Waals surface area contributed by atoms with Crippen LogP contribution in [0.3, 0.4) is 0 Å². The second kappa shape index (κ2) is 6.53. The van der Waals surface area contributed by atoms with Gasteiger partial charge in [-0.05, 0) is 48.5 Å². The van der Waals surface area contributed by atoms with E-state index in [0.717, 1.165) is 21.6 Å². The first-order valence-electron chi connectivity index (χ1n) is 9.14. The number of imidazole rings is 1. The zero-order chi connectivity index (χ0) is 20.0. The van der Waals surface area contributed by atoms with Crippen LogP contribution in [0.25, 0.3) is 16.7 Å². The Hall–Kier alpha value is -4.06. The summed E-state index contributed by atoms with van der Waals surface area (Å²) >= 11 is 0. The Labute approximate surface area is 166 Å². The molecule has 5 rings (SSSR count). The number of aromatic nitrogens is 2. The highest BCUT2D eigenvalue weighted by Crippen LogP contribution is 2.23. The van der Waals surface area contributed by atoms with Gasteiger partial charge in [0.05, 0.1) is 28.7 Å². The number of amides is 2. The molecule has 0 fully saturated rings. The van der Waals surface area contributed by atoms with E-state index in [0.29, 0.717) is 16.7 Å². The average molecular weight is 381 g/mol. The Morgan fingerprint density at radius 1 is 0.793 bits per heavy atom. The summed E-state index contributed by atoms with van der Waals surface area (Å²) in [6, 6.07) is 21.4. The monoisotopic (exact) mass is 381 g/mol. The third-order valence-corrected chi connectivity index (χ3v) is 5.10. The number of carbonyl (C=O) groups excluding carboxylic acids is 3. The van der Waals surface area contributed by atoms with Gasteiger partial charge in [0.25, 0.3) is 11.8 Å². The number of hydrogen-bond acceptors (Lipinski definition) is 4. The average Bonchev–Trinajstić information content (AvgIpc) is 3.29. The van der Waals surface area contributed by atoms with Gasteiger partial charge in [-0.1, -0.05) is 24.3 Å². The van der Waals surface area contributed by atoms with Crippen LogP contribution in [0.1, 0.15) is 31.1 Å². The van der Waals surface area contributed by atoms with Gasteiger partial charge in [-0.25, -0.2) is 4.98 Å². The highest BCUT2D eigenvalue weighted by molar-refractivity contribution is 6.23. The van der Waals surface area contributed by atoms with E-state index in [1.807, 2.05) is 41.0 Å². The molecule has 4 aromatic rings. The maximum Gasteiger partial charge on any atom is 0.261 e. The molecule has 0 N–H and O–H groups in total. The molecule has 0 aliphatic carbocycles. The van der Waals surface area contributed by atoms with Gasteiger partial charge < -0.3 is 0 Å². The molecular weight excluding hydrogens is 366 g/mol. The minimum absolute atomic E-state index is 0.278. The lowest BCUT2D eigenvalue weighted by atomic mass is 10.1. The van der Waals surface area contributed by atoms with Crippen LogP contribution in [-0.2, 0) is 0 Å². The lowest BCUT2D eigenvalue weighted by Crippen LogP contribution is -2.34. The van der Waals surface area contributed by atoms with Gasteiger partial charge in [-0.15, -0.1) is 0 Å². The molecule has 0 atom stereocenters. The minimum atomic E-state index is -0.430. The van der Waals surface area contributed by atoms with Crippen molar-refractivity contribution in [3.63, 3.8) is 0 Å². The number of benzene rings is 3. The summed E-state index contributed by atoms with van der Waals surface area (Å²) in [6.45, 7) is -0.278. The minimum Gasteiger partial charge on any atom is -0.299 e. The number of imide groups is 1. The Morgan fingerprint density at radius 2 is 1.41 bits per heavy atom. The van der Waals surface area contributed by atoms with Crippen molar-refractivity contribution in [3.05, 3.63) is 95.8 Å². The predicted molar refractivity (Wildman–Crippen MR) is 107 cm³/mol. The summed E-state index contributed by atoms with van der Waals surface area (Å²) in [4.78, 5) is 43.0. The van der Waals surface area contributed by atoms with Crippen LogP contribution >= 0.6 is 0 Å². The predicted octanol–water partition coefficient (Wildman–Crippen LogP) is 3.50. The number of ketones is 1. The van der Waals surface area contributed by atoms with Gasteiger partial charge in [0.1, 0.15) is 6.33 Å². The standard InChI is InChI=1S/C23H15N3O3/c27-21(13-25-22(28)17-5-1-2-6-18(17)23(25)29)15-9-11-16(12-10-15)26-14-24-19-7-3-4-8-20(19)26/h1-12,14H,13H2. The number of para-hydroxylation sites is 2. The number of nitrogens with zero attached hydrogens (tertiary/aromatic N) is 3. The van der Waals surface area contributed by atoms with Crippen LogP contribution in [0.5, 0.6) is 0 Å². The van der Waals surface area contributed by atoms with Crippen molar-refractivity contribution < 1.29 is 14.4 Å². The number of fused-ring (bicyclic) bond motifs is 2. The first-order valence-corrected chi connectivity index (χ1v) is 9.14. The summed E-state index contributed by atoms with van der Waals surface area (Å²) in [5.41, 5.74) is 3.85. The van der Waals surface area contributed by atoms with E-state index in [-0.39, 0.29) is 12.3 Å². The summed E-state index contributed by atoms with van der Waals surface area (Å²) in [6.07, 6.45) is 1.74. The number of hydrogen-bond donors (Lipinski definition) is 0. The molecule has 0 unspecified atom stereocenters. The van der Waals surface area contributed by atoms with E-state index in [1.54, 1.807) is 42.7 Å². The van der Waals surface area contributed by atoms with Crippen LogP contribution in [0.15, 0.2) is 79.1 Å². The number of rotatable bonds is 4. The van der Waals surface area contributed by atoms with Gasteiger partial charge in [-0.2, -0.15) is 0 Å². The van der Waals surface area contributed by atoms with Gasteiger partial charge in [0.2, 0.25) is 0 Å². The van der Waals surface area contributed by atoms with Crippen molar-refractivity contribution in [2.75, 3.05) is 6.54 Å². The van der Waals surface area contributed by atoms with Gasteiger partial charge in [0, 0.05) is 11.3 Å². The topological polar surface area (TPSA) is 72.3 Å². The van der Waals surface area contributed by atoms with E-state index in [2.05, 4.69) is 4.98 Å². The summed E-state index contributed by atoms with van der Waals surface area (Å²) < 4.78 is 1.94. The highest BCUT2D eigenvalue weighted by Gasteiger charge is 2.36. The molecular formula is C23H15N3O3. The van der Waals surface area contributed by atoms with Crippen molar-refractivity contribution in [2.24, 2.45) is 0 Å². The lowest BCUT2D eigenvalue weighted by molar-refractivity contribution is 0.0624. The Bertz CT molecular complexity index is 1250. The third kappa shape index (κ3) is 2.73. The van der Waals surface area contributed by atoms with E-state index >= 15 is 0 Å². The Morgan fingerprint density at radius 3 is 2.10 bits per heavy atom. The lowest BCUT2D eigenvalue weighted by Gasteiger charge is -2.13. The Balaban J connectivity index is 1.38. The molecule has 2 amide bonds. The first-order chi connectivity index (χ1) is 14.1. The maximum absolute atomic E-state index is 12.7. The third-order valence-electron chi connectivity index (χ3n) is 5.10. The molecule has 0 bridgehead atoms. The summed E-state index contributed by atoms with van der Waals surface area (Å²) in [5, 5.41) is 0. The van der Waals surface area contributed by atoms with E-state index in [4.69, 9.17) is 0 Å². The quantitative estimate of drug-likeness (QED) is 0.401. The van der Waals surface area contributed by atoms with E-state index in [9.17, 15) is 14.4 Å². The van der Waals surface area contributed by atoms with E-state index < -0.39 is 11.8 Å². The fourth-order valence-corrected chi connectivity index (χ4v) is 3.59. The largest absolute Gasteiger partial charge is 0.299 e. The number of carbonyl (C=O) groups is 3. The molecule has 29 heavy (non-hydrogen) atoms. The second-order valence-corrected chi connectivity index (χ2v) is 6.82. The molecule has 3 aromatic carbocycles. The SMILES string of the molecule is O=C(CN1C(=O)c2ccccc2C1=O)c1ccc(-n2cnc3ccccc32)cc1. The van der Waals surface area contributed by atoms with Crippen LogP contribution in [0, 0.1) is 0 Å². The second-order valence-electron chi connectivity index (χ2n) is 6.82. The molecule has 0 radical (unpaired) electrons. The Kier molecular flexibility index (Phi) is 3.84. The molecule has 2 heterocycles. The van der Waals surface area contributed by atoms with Crippen molar-refractivity contribution in [1.29, 1.82) is 0 Å². The molecule has 1 aliphatic rings. The maximum atomic E-state index is 12.7. The summed E-state index contributed by atoms with van der Waals surface area (Å²) in [7, 11) is 0. The van der Waals surface area contributed by atoms with Crippen LogP contribution in [0.4, 0.5) is 0 Å². The molecule has 6 nitrogen and oxygen atoms in total. The zero-order valence-electron chi connectivity index (χ0n) is 15.3. The molecule has 140 valence electrons. The van der Waals surface area contributed by atoms with Crippen LogP contribution in [-0.4, -0.2) is 38.6 Å². The molecule has 0 saturated carbocycles. The normalized spacial score (nSPS) is 13.2. The first kappa shape index (κ1) is 17.1. The van der Waals surface area contributed by atoms with Crippen molar-refractivity contribution >= 4 is 28.6 Å². The van der Waals surface area contributed by atoms with Gasteiger partial charge in [0.15, 0.2) is 5.78 Å².